The standard InChI is InChI=1S/C12H15NO3.ClH/c1-16-11-5-3-2-4-8(11)9-6-13-7-10(9)12(14)15;/h2-5,9-10,13H,6-7H2,1H3,(H,14,15);1H/t9-,10+;/m1./s1. The van der Waals surface area contributed by atoms with Gasteiger partial charge in [0.05, 0.1) is 13.0 Å². The van der Waals surface area contributed by atoms with Gasteiger partial charge < -0.3 is 15.2 Å². The highest BCUT2D eigenvalue weighted by atomic mass is 35.5. The molecular weight excluding hydrogens is 242 g/mol. The van der Waals surface area contributed by atoms with Gasteiger partial charge in [-0.15, -0.1) is 12.4 Å². The summed E-state index contributed by atoms with van der Waals surface area (Å²) < 4.78 is 5.27. The van der Waals surface area contributed by atoms with E-state index in [-0.39, 0.29) is 24.2 Å². The molecule has 1 fully saturated rings. The largest absolute Gasteiger partial charge is 0.496 e. The summed E-state index contributed by atoms with van der Waals surface area (Å²) in [6.07, 6.45) is 0. The van der Waals surface area contributed by atoms with Gasteiger partial charge in [0.1, 0.15) is 5.75 Å². The Morgan fingerprint density at radius 3 is 2.76 bits per heavy atom. The van der Waals surface area contributed by atoms with Crippen molar-refractivity contribution in [2.75, 3.05) is 20.2 Å². The lowest BCUT2D eigenvalue weighted by Gasteiger charge is -2.17. The monoisotopic (exact) mass is 257 g/mol. The second kappa shape index (κ2) is 5.89. The fourth-order valence-electron chi connectivity index (χ4n) is 2.24. The Bertz CT molecular complexity index is 397. The highest BCUT2D eigenvalue weighted by Crippen LogP contribution is 2.34. The summed E-state index contributed by atoms with van der Waals surface area (Å²) in [6.45, 7) is 1.22. The van der Waals surface area contributed by atoms with Crippen molar-refractivity contribution in [3.8, 4) is 5.75 Å². The number of benzene rings is 1. The molecule has 17 heavy (non-hydrogen) atoms. The smallest absolute Gasteiger partial charge is 0.308 e. The van der Waals surface area contributed by atoms with E-state index in [1.807, 2.05) is 24.3 Å². The average Bonchev–Trinajstić information content (AvgIpc) is 2.77. The molecule has 94 valence electrons. The number of carboxylic acids is 1. The normalized spacial score (nSPS) is 22.9. The number of para-hydroxylation sites is 1. The molecule has 2 N–H and O–H groups in total. The Hall–Kier alpha value is -1.26. The summed E-state index contributed by atoms with van der Waals surface area (Å²) in [4.78, 5) is 11.1. The molecular formula is C12H16ClNO3. The van der Waals surface area contributed by atoms with Gasteiger partial charge in [0.2, 0.25) is 0 Å². The molecule has 2 rings (SSSR count). The number of nitrogens with one attached hydrogen (secondary N) is 1. The van der Waals surface area contributed by atoms with Crippen LogP contribution in [0.4, 0.5) is 0 Å². The Morgan fingerprint density at radius 1 is 1.41 bits per heavy atom. The van der Waals surface area contributed by atoms with E-state index in [1.165, 1.54) is 0 Å². The van der Waals surface area contributed by atoms with Gasteiger partial charge in [0.25, 0.3) is 0 Å². The number of methoxy groups -OCH3 is 1. The molecule has 0 amide bonds. The van der Waals surface area contributed by atoms with Gasteiger partial charge in [0, 0.05) is 19.0 Å². The van der Waals surface area contributed by atoms with Crippen molar-refractivity contribution in [2.45, 2.75) is 5.92 Å². The predicted molar refractivity (Wildman–Crippen MR) is 67.0 cm³/mol. The molecule has 5 heteroatoms. The Balaban J connectivity index is 0.00000144. The molecule has 0 radical (unpaired) electrons. The summed E-state index contributed by atoms with van der Waals surface area (Å²) in [5.74, 6) is -0.353. The first kappa shape index (κ1) is 13.8. The van der Waals surface area contributed by atoms with Crippen LogP contribution in [0.25, 0.3) is 0 Å². The van der Waals surface area contributed by atoms with E-state index in [2.05, 4.69) is 5.32 Å². The number of hydrogen-bond acceptors (Lipinski definition) is 3. The molecule has 1 saturated heterocycles. The lowest BCUT2D eigenvalue weighted by atomic mass is 9.88. The molecule has 1 aromatic rings. The molecule has 4 nitrogen and oxygen atoms in total. The molecule has 1 aliphatic rings. The van der Waals surface area contributed by atoms with E-state index in [1.54, 1.807) is 7.11 Å². The predicted octanol–water partition coefficient (Wildman–Crippen LogP) is 1.50. The number of carbonyl (C=O) groups is 1. The zero-order valence-electron chi connectivity index (χ0n) is 9.55. The maximum absolute atomic E-state index is 11.1. The maximum Gasteiger partial charge on any atom is 0.308 e. The number of hydrogen-bond donors (Lipinski definition) is 2. The zero-order valence-corrected chi connectivity index (χ0v) is 10.4. The van der Waals surface area contributed by atoms with E-state index in [0.717, 1.165) is 11.3 Å². The van der Waals surface area contributed by atoms with Gasteiger partial charge in [-0.2, -0.15) is 0 Å². The SMILES string of the molecule is COc1ccccc1[C@H]1CNC[C@@H]1C(=O)O.Cl. The molecule has 0 unspecified atom stereocenters. The van der Waals surface area contributed by atoms with Crippen LogP contribution in [-0.2, 0) is 4.79 Å². The molecule has 1 aromatic carbocycles. The highest BCUT2D eigenvalue weighted by molar-refractivity contribution is 5.85. The first-order valence-electron chi connectivity index (χ1n) is 5.30. The number of ether oxygens (including phenoxy) is 1. The average molecular weight is 258 g/mol. The van der Waals surface area contributed by atoms with E-state index >= 15 is 0 Å². The lowest BCUT2D eigenvalue weighted by Crippen LogP contribution is -2.21. The van der Waals surface area contributed by atoms with Crippen molar-refractivity contribution in [3.05, 3.63) is 29.8 Å². The van der Waals surface area contributed by atoms with E-state index in [4.69, 9.17) is 9.84 Å². The summed E-state index contributed by atoms with van der Waals surface area (Å²) in [5, 5.41) is 12.2. The number of halogens is 1. The zero-order chi connectivity index (χ0) is 11.5. The van der Waals surface area contributed by atoms with Gasteiger partial charge in [-0.1, -0.05) is 18.2 Å². The molecule has 2 atom stereocenters. The van der Waals surface area contributed by atoms with Crippen LogP contribution >= 0.6 is 12.4 Å². The minimum absolute atomic E-state index is 0. The summed E-state index contributed by atoms with van der Waals surface area (Å²) in [6, 6.07) is 7.61. The Labute approximate surface area is 106 Å². The molecule has 1 heterocycles. The molecule has 0 spiro atoms. The second-order valence-electron chi connectivity index (χ2n) is 3.95. The van der Waals surface area contributed by atoms with Gasteiger partial charge in [-0.05, 0) is 11.6 Å². The summed E-state index contributed by atoms with van der Waals surface area (Å²) in [7, 11) is 1.61. The van der Waals surface area contributed by atoms with Crippen LogP contribution < -0.4 is 10.1 Å². The summed E-state index contributed by atoms with van der Waals surface area (Å²) in [5.41, 5.74) is 0.974. The first-order chi connectivity index (χ1) is 7.74. The molecule has 0 aromatic heterocycles. The third-order valence-electron chi connectivity index (χ3n) is 3.07. The van der Waals surface area contributed by atoms with Crippen LogP contribution in [0.1, 0.15) is 11.5 Å². The van der Waals surface area contributed by atoms with Crippen LogP contribution in [0.3, 0.4) is 0 Å². The number of carboxylic acid groups (broad SMARTS) is 1. The molecule has 1 aliphatic heterocycles. The third-order valence-corrected chi connectivity index (χ3v) is 3.07. The van der Waals surface area contributed by atoms with Crippen molar-refractivity contribution >= 4 is 18.4 Å². The van der Waals surface area contributed by atoms with Crippen molar-refractivity contribution in [2.24, 2.45) is 5.92 Å². The van der Waals surface area contributed by atoms with E-state index in [9.17, 15) is 4.79 Å². The quantitative estimate of drug-likeness (QED) is 0.862. The molecule has 0 aliphatic carbocycles. The third kappa shape index (κ3) is 2.70. The van der Waals surface area contributed by atoms with E-state index in [0.29, 0.717) is 13.1 Å². The van der Waals surface area contributed by atoms with Crippen molar-refractivity contribution in [1.29, 1.82) is 0 Å². The van der Waals surface area contributed by atoms with Crippen LogP contribution in [-0.4, -0.2) is 31.3 Å². The highest BCUT2D eigenvalue weighted by Gasteiger charge is 2.35. The van der Waals surface area contributed by atoms with Crippen LogP contribution in [0.15, 0.2) is 24.3 Å². The van der Waals surface area contributed by atoms with Gasteiger partial charge in [-0.3, -0.25) is 4.79 Å². The van der Waals surface area contributed by atoms with Crippen molar-refractivity contribution in [1.82, 2.24) is 5.32 Å². The Morgan fingerprint density at radius 2 is 2.12 bits per heavy atom. The molecule has 0 saturated carbocycles. The van der Waals surface area contributed by atoms with Crippen molar-refractivity contribution in [3.63, 3.8) is 0 Å². The van der Waals surface area contributed by atoms with Gasteiger partial charge >= 0.3 is 5.97 Å². The van der Waals surface area contributed by atoms with E-state index < -0.39 is 5.97 Å². The fourth-order valence-corrected chi connectivity index (χ4v) is 2.24. The lowest BCUT2D eigenvalue weighted by molar-refractivity contribution is -0.141. The van der Waals surface area contributed by atoms with Crippen LogP contribution in [0.5, 0.6) is 5.75 Å². The second-order valence-corrected chi connectivity index (χ2v) is 3.95. The summed E-state index contributed by atoms with van der Waals surface area (Å²) >= 11 is 0. The molecule has 0 bridgehead atoms. The maximum atomic E-state index is 11.1. The van der Waals surface area contributed by atoms with Gasteiger partial charge in [-0.25, -0.2) is 0 Å². The van der Waals surface area contributed by atoms with Crippen LogP contribution in [0.2, 0.25) is 0 Å². The van der Waals surface area contributed by atoms with Crippen LogP contribution in [0, 0.1) is 5.92 Å². The topological polar surface area (TPSA) is 58.6 Å². The van der Waals surface area contributed by atoms with Gasteiger partial charge in [0.15, 0.2) is 0 Å². The first-order valence-corrected chi connectivity index (χ1v) is 5.30. The Kier molecular flexibility index (Phi) is 4.78. The minimum Gasteiger partial charge on any atom is -0.496 e. The number of aliphatic carboxylic acids is 1. The minimum atomic E-state index is -0.749. The van der Waals surface area contributed by atoms with Crippen molar-refractivity contribution < 1.29 is 14.6 Å². The fraction of sp³-hybridized carbons (Fsp3) is 0.417. The number of rotatable bonds is 3.